The Kier molecular flexibility index (Phi) is 7.02. The summed E-state index contributed by atoms with van der Waals surface area (Å²) in [6.07, 6.45) is 4.34. The summed E-state index contributed by atoms with van der Waals surface area (Å²) in [5.74, 6) is -0.0152. The molecule has 1 aliphatic heterocycles. The molecule has 1 aliphatic rings. The van der Waals surface area contributed by atoms with Crippen molar-refractivity contribution in [1.82, 2.24) is 10.2 Å². The van der Waals surface area contributed by atoms with Gasteiger partial charge in [-0.25, -0.2) is 0 Å². The van der Waals surface area contributed by atoms with Gasteiger partial charge in [0.15, 0.2) is 0 Å². The standard InChI is InChI=1S/C23H30N2O2/c1-18(26)19-9-11-20(12-10-19)21-7-6-8-22(17-21)23(27)24-13-2-3-14-25-15-4-5-16-25/h6-12,17-18,26H,2-5,13-16H2,1H3,(H,24,27)/t18-/m1/s1. The van der Waals surface area contributed by atoms with Gasteiger partial charge in [-0.1, -0.05) is 36.4 Å². The minimum Gasteiger partial charge on any atom is -0.389 e. The largest absolute Gasteiger partial charge is 0.389 e. The van der Waals surface area contributed by atoms with E-state index in [1.54, 1.807) is 6.92 Å². The topological polar surface area (TPSA) is 52.6 Å². The van der Waals surface area contributed by atoms with E-state index >= 15 is 0 Å². The SMILES string of the molecule is C[C@@H](O)c1ccc(-c2cccc(C(=O)NCCCCN3CCCC3)c2)cc1. The molecule has 0 unspecified atom stereocenters. The van der Waals surface area contributed by atoms with Gasteiger partial charge in [0.2, 0.25) is 0 Å². The zero-order valence-electron chi connectivity index (χ0n) is 16.2. The van der Waals surface area contributed by atoms with Crippen LogP contribution < -0.4 is 5.32 Å². The van der Waals surface area contributed by atoms with Gasteiger partial charge in [-0.15, -0.1) is 0 Å². The Bertz CT molecular complexity index is 734. The molecular formula is C23H30N2O2. The number of rotatable bonds is 8. The number of unbranched alkanes of at least 4 members (excludes halogenated alkanes) is 1. The van der Waals surface area contributed by atoms with E-state index in [-0.39, 0.29) is 5.91 Å². The molecule has 0 spiro atoms. The normalized spacial score (nSPS) is 15.6. The summed E-state index contributed by atoms with van der Waals surface area (Å²) in [7, 11) is 0. The predicted octanol–water partition coefficient (Wildman–Crippen LogP) is 4.01. The van der Waals surface area contributed by atoms with E-state index in [1.807, 2.05) is 48.5 Å². The van der Waals surface area contributed by atoms with Crippen molar-refractivity contribution in [3.8, 4) is 11.1 Å². The quantitative estimate of drug-likeness (QED) is 0.694. The molecule has 1 saturated heterocycles. The molecule has 0 aromatic heterocycles. The second kappa shape index (κ2) is 9.67. The van der Waals surface area contributed by atoms with Crippen LogP contribution in [0.15, 0.2) is 48.5 Å². The maximum Gasteiger partial charge on any atom is 0.251 e. The maximum absolute atomic E-state index is 12.4. The highest BCUT2D eigenvalue weighted by molar-refractivity contribution is 5.95. The number of aliphatic hydroxyl groups excluding tert-OH is 1. The Hall–Kier alpha value is -2.17. The average Bonchev–Trinajstić information content (AvgIpc) is 3.21. The lowest BCUT2D eigenvalue weighted by Gasteiger charge is -2.14. The first-order chi connectivity index (χ1) is 13.1. The van der Waals surface area contributed by atoms with Crippen molar-refractivity contribution >= 4 is 5.91 Å². The van der Waals surface area contributed by atoms with E-state index < -0.39 is 6.10 Å². The van der Waals surface area contributed by atoms with Gasteiger partial charge in [-0.2, -0.15) is 0 Å². The smallest absolute Gasteiger partial charge is 0.251 e. The van der Waals surface area contributed by atoms with Crippen LogP contribution in [0, 0.1) is 0 Å². The zero-order valence-corrected chi connectivity index (χ0v) is 16.2. The third-order valence-electron chi connectivity index (χ3n) is 5.24. The first-order valence-electron chi connectivity index (χ1n) is 10.0. The first-order valence-corrected chi connectivity index (χ1v) is 10.0. The number of carbonyl (C=O) groups is 1. The summed E-state index contributed by atoms with van der Waals surface area (Å²) in [6.45, 7) is 6.09. The van der Waals surface area contributed by atoms with Gasteiger partial charge in [0.1, 0.15) is 0 Å². The van der Waals surface area contributed by atoms with Gasteiger partial charge >= 0.3 is 0 Å². The maximum atomic E-state index is 12.4. The van der Waals surface area contributed by atoms with Crippen molar-refractivity contribution in [2.75, 3.05) is 26.2 Å². The molecule has 4 nitrogen and oxygen atoms in total. The van der Waals surface area contributed by atoms with Crippen molar-refractivity contribution in [3.05, 3.63) is 59.7 Å². The fourth-order valence-electron chi connectivity index (χ4n) is 3.56. The summed E-state index contributed by atoms with van der Waals surface area (Å²) in [5.41, 5.74) is 3.63. The summed E-state index contributed by atoms with van der Waals surface area (Å²) in [4.78, 5) is 14.9. The van der Waals surface area contributed by atoms with Crippen LogP contribution >= 0.6 is 0 Å². The summed E-state index contributed by atoms with van der Waals surface area (Å²) in [6, 6.07) is 15.5. The Balaban J connectivity index is 1.50. The van der Waals surface area contributed by atoms with Gasteiger partial charge in [0.25, 0.3) is 5.91 Å². The van der Waals surface area contributed by atoms with E-state index in [0.29, 0.717) is 5.56 Å². The Morgan fingerprint density at radius 1 is 1.07 bits per heavy atom. The van der Waals surface area contributed by atoms with Crippen molar-refractivity contribution in [2.45, 2.75) is 38.7 Å². The summed E-state index contributed by atoms with van der Waals surface area (Å²) < 4.78 is 0. The molecule has 3 rings (SSSR count). The molecular weight excluding hydrogens is 336 g/mol. The molecule has 4 heteroatoms. The van der Waals surface area contributed by atoms with Crippen LogP contribution in [0.1, 0.15) is 54.6 Å². The average molecular weight is 367 g/mol. The Morgan fingerprint density at radius 3 is 2.52 bits per heavy atom. The number of aliphatic hydroxyl groups is 1. The van der Waals surface area contributed by atoms with Crippen LogP contribution in [0.3, 0.4) is 0 Å². The van der Waals surface area contributed by atoms with E-state index in [4.69, 9.17) is 0 Å². The van der Waals surface area contributed by atoms with Gasteiger partial charge in [-0.05, 0) is 81.1 Å². The van der Waals surface area contributed by atoms with Gasteiger partial charge in [0.05, 0.1) is 6.10 Å². The lowest BCUT2D eigenvalue weighted by molar-refractivity contribution is 0.0952. The Labute approximate surface area is 162 Å². The fourth-order valence-corrected chi connectivity index (χ4v) is 3.56. The molecule has 0 radical (unpaired) electrons. The summed E-state index contributed by atoms with van der Waals surface area (Å²) in [5, 5.41) is 12.7. The first kappa shape index (κ1) is 19.6. The lowest BCUT2D eigenvalue weighted by Crippen LogP contribution is -2.26. The number of carbonyl (C=O) groups excluding carboxylic acids is 1. The molecule has 1 atom stereocenters. The molecule has 27 heavy (non-hydrogen) atoms. The van der Waals surface area contributed by atoms with Crippen molar-refractivity contribution in [3.63, 3.8) is 0 Å². The highest BCUT2D eigenvalue weighted by atomic mass is 16.3. The third kappa shape index (κ3) is 5.65. The minimum atomic E-state index is -0.471. The van der Waals surface area contributed by atoms with Gasteiger partial charge in [-0.3, -0.25) is 4.79 Å². The van der Waals surface area contributed by atoms with E-state index in [0.717, 1.165) is 42.6 Å². The van der Waals surface area contributed by atoms with Crippen LogP contribution in [0.4, 0.5) is 0 Å². The molecule has 1 fully saturated rings. The Morgan fingerprint density at radius 2 is 1.81 bits per heavy atom. The van der Waals surface area contributed by atoms with Gasteiger partial charge < -0.3 is 15.3 Å². The zero-order chi connectivity index (χ0) is 19.1. The highest BCUT2D eigenvalue weighted by Crippen LogP contribution is 2.23. The number of amides is 1. The van der Waals surface area contributed by atoms with Crippen LogP contribution in [-0.4, -0.2) is 42.1 Å². The second-order valence-corrected chi connectivity index (χ2v) is 7.39. The van der Waals surface area contributed by atoms with Crippen LogP contribution in [0.2, 0.25) is 0 Å². The molecule has 0 saturated carbocycles. The van der Waals surface area contributed by atoms with Crippen LogP contribution in [-0.2, 0) is 0 Å². The molecule has 1 amide bonds. The van der Waals surface area contributed by atoms with Gasteiger partial charge in [0, 0.05) is 12.1 Å². The number of hydrogen-bond donors (Lipinski definition) is 2. The number of likely N-dealkylation sites (tertiary alicyclic amines) is 1. The molecule has 2 aromatic rings. The number of nitrogens with one attached hydrogen (secondary N) is 1. The van der Waals surface area contributed by atoms with E-state index in [1.165, 1.54) is 25.9 Å². The number of benzene rings is 2. The molecule has 2 aromatic carbocycles. The van der Waals surface area contributed by atoms with Crippen molar-refractivity contribution < 1.29 is 9.90 Å². The van der Waals surface area contributed by atoms with E-state index in [9.17, 15) is 9.90 Å². The predicted molar refractivity (Wildman–Crippen MR) is 110 cm³/mol. The second-order valence-electron chi connectivity index (χ2n) is 7.39. The number of nitrogens with zero attached hydrogens (tertiary/aromatic N) is 1. The molecule has 0 bridgehead atoms. The monoisotopic (exact) mass is 366 g/mol. The van der Waals surface area contributed by atoms with Crippen molar-refractivity contribution in [1.29, 1.82) is 0 Å². The lowest BCUT2D eigenvalue weighted by atomic mass is 10.0. The van der Waals surface area contributed by atoms with Crippen LogP contribution in [0.5, 0.6) is 0 Å². The summed E-state index contributed by atoms with van der Waals surface area (Å²) >= 11 is 0. The van der Waals surface area contributed by atoms with E-state index in [2.05, 4.69) is 10.2 Å². The molecule has 2 N–H and O–H groups in total. The third-order valence-corrected chi connectivity index (χ3v) is 5.24. The van der Waals surface area contributed by atoms with Crippen molar-refractivity contribution in [2.24, 2.45) is 0 Å². The highest BCUT2D eigenvalue weighted by Gasteiger charge is 2.11. The fraction of sp³-hybridized carbons (Fsp3) is 0.435. The van der Waals surface area contributed by atoms with Crippen LogP contribution in [0.25, 0.3) is 11.1 Å². The molecule has 0 aliphatic carbocycles. The number of hydrogen-bond acceptors (Lipinski definition) is 3. The molecule has 144 valence electrons. The minimum absolute atomic E-state index is 0.0152. The molecule has 1 heterocycles.